The molecule has 0 bridgehead atoms. The van der Waals surface area contributed by atoms with Gasteiger partial charge in [-0.15, -0.1) is 0 Å². The zero-order valence-corrected chi connectivity index (χ0v) is 10.9. The number of carbonyl (C=O) groups excluding carboxylic acids is 1. The van der Waals surface area contributed by atoms with Crippen LogP contribution in [0.5, 0.6) is 5.75 Å². The highest BCUT2D eigenvalue weighted by atomic mass is 79.9. The number of hydrogen-bond acceptors (Lipinski definition) is 3. The second-order valence-corrected chi connectivity index (χ2v) is 4.92. The standard InChI is InChI=1S/C12H14BrNO2/c1-7-5-8(15)6-9-11(16-2)4-3-10(13)12(9)14-7/h3-4,7,14H,5-6H2,1-2H3/t7-/m1/s1. The minimum Gasteiger partial charge on any atom is -0.496 e. The minimum atomic E-state index is 0.164. The molecule has 1 heterocycles. The predicted octanol–water partition coefficient (Wildman–Crippen LogP) is 2.77. The summed E-state index contributed by atoms with van der Waals surface area (Å²) in [4.78, 5) is 11.7. The molecule has 0 saturated carbocycles. The lowest BCUT2D eigenvalue weighted by Crippen LogP contribution is -2.16. The van der Waals surface area contributed by atoms with Crippen LogP contribution in [0.3, 0.4) is 0 Å². The molecule has 1 aromatic rings. The number of hydrogen-bond donors (Lipinski definition) is 1. The maximum atomic E-state index is 11.7. The first-order valence-corrected chi connectivity index (χ1v) is 6.04. The summed E-state index contributed by atoms with van der Waals surface area (Å²) in [5.74, 6) is 1.02. The van der Waals surface area contributed by atoms with Crippen molar-refractivity contribution in [3.63, 3.8) is 0 Å². The van der Waals surface area contributed by atoms with Crippen LogP contribution in [0.15, 0.2) is 16.6 Å². The van der Waals surface area contributed by atoms with Gasteiger partial charge in [0, 0.05) is 28.9 Å². The van der Waals surface area contributed by atoms with Gasteiger partial charge in [0.15, 0.2) is 0 Å². The summed E-state index contributed by atoms with van der Waals surface area (Å²) in [7, 11) is 1.63. The van der Waals surface area contributed by atoms with Gasteiger partial charge in [-0.05, 0) is 35.0 Å². The predicted molar refractivity (Wildman–Crippen MR) is 67.1 cm³/mol. The van der Waals surface area contributed by atoms with Gasteiger partial charge in [0.05, 0.1) is 12.8 Å². The van der Waals surface area contributed by atoms with Crippen molar-refractivity contribution in [3.05, 3.63) is 22.2 Å². The van der Waals surface area contributed by atoms with Crippen LogP contribution in [0.25, 0.3) is 0 Å². The fourth-order valence-corrected chi connectivity index (χ4v) is 2.52. The van der Waals surface area contributed by atoms with E-state index in [2.05, 4.69) is 21.2 Å². The van der Waals surface area contributed by atoms with Crippen LogP contribution in [0.2, 0.25) is 0 Å². The van der Waals surface area contributed by atoms with E-state index in [9.17, 15) is 4.79 Å². The van der Waals surface area contributed by atoms with E-state index < -0.39 is 0 Å². The Morgan fingerprint density at radius 1 is 1.50 bits per heavy atom. The molecule has 0 aliphatic carbocycles. The van der Waals surface area contributed by atoms with E-state index >= 15 is 0 Å². The molecule has 0 aromatic heterocycles. The van der Waals surface area contributed by atoms with Gasteiger partial charge in [-0.2, -0.15) is 0 Å². The molecule has 0 unspecified atom stereocenters. The van der Waals surface area contributed by atoms with Gasteiger partial charge in [0.1, 0.15) is 11.5 Å². The maximum absolute atomic E-state index is 11.7. The Bertz CT molecular complexity index is 431. The van der Waals surface area contributed by atoms with Crippen LogP contribution >= 0.6 is 15.9 Å². The number of Topliss-reactive ketones (excluding diaryl/α,β-unsaturated/α-hetero) is 1. The molecule has 0 saturated heterocycles. The maximum Gasteiger partial charge on any atom is 0.139 e. The molecule has 0 fully saturated rings. The van der Waals surface area contributed by atoms with E-state index in [1.54, 1.807) is 7.11 Å². The van der Waals surface area contributed by atoms with E-state index in [1.807, 2.05) is 19.1 Å². The fraction of sp³-hybridized carbons (Fsp3) is 0.417. The van der Waals surface area contributed by atoms with Crippen molar-refractivity contribution in [1.82, 2.24) is 0 Å². The van der Waals surface area contributed by atoms with Gasteiger partial charge in [0.2, 0.25) is 0 Å². The topological polar surface area (TPSA) is 38.3 Å². The Morgan fingerprint density at radius 2 is 2.25 bits per heavy atom. The molecule has 0 radical (unpaired) electrons. The Hall–Kier alpha value is -1.03. The fourth-order valence-electron chi connectivity index (χ4n) is 2.03. The van der Waals surface area contributed by atoms with Crippen molar-refractivity contribution < 1.29 is 9.53 Å². The van der Waals surface area contributed by atoms with Crippen LogP contribution in [0, 0.1) is 0 Å². The van der Waals surface area contributed by atoms with Crippen LogP contribution in [0.1, 0.15) is 18.9 Å². The highest BCUT2D eigenvalue weighted by Crippen LogP contribution is 2.36. The van der Waals surface area contributed by atoms with E-state index in [0.717, 1.165) is 21.5 Å². The summed E-state index contributed by atoms with van der Waals surface area (Å²) >= 11 is 3.50. The molecule has 1 aliphatic heterocycles. The van der Waals surface area contributed by atoms with Crippen molar-refractivity contribution in [3.8, 4) is 5.75 Å². The third kappa shape index (κ3) is 2.07. The highest BCUT2D eigenvalue weighted by Gasteiger charge is 2.22. The minimum absolute atomic E-state index is 0.164. The number of ether oxygens (including phenoxy) is 1. The lowest BCUT2D eigenvalue weighted by molar-refractivity contribution is -0.118. The molecule has 2 rings (SSSR count). The smallest absolute Gasteiger partial charge is 0.139 e. The van der Waals surface area contributed by atoms with Crippen LogP contribution in [0.4, 0.5) is 5.69 Å². The van der Waals surface area contributed by atoms with Gasteiger partial charge < -0.3 is 10.1 Å². The van der Waals surface area contributed by atoms with Crippen LogP contribution in [-0.2, 0) is 11.2 Å². The lowest BCUT2D eigenvalue weighted by Gasteiger charge is -2.16. The number of methoxy groups -OCH3 is 1. The molecule has 0 amide bonds. The largest absolute Gasteiger partial charge is 0.496 e. The van der Waals surface area contributed by atoms with E-state index in [0.29, 0.717) is 12.8 Å². The summed E-state index contributed by atoms with van der Waals surface area (Å²) in [5.41, 5.74) is 1.93. The summed E-state index contributed by atoms with van der Waals surface area (Å²) in [5, 5.41) is 3.35. The van der Waals surface area contributed by atoms with Crippen molar-refractivity contribution >= 4 is 27.4 Å². The Labute approximate surface area is 103 Å². The van der Waals surface area contributed by atoms with Gasteiger partial charge >= 0.3 is 0 Å². The Morgan fingerprint density at radius 3 is 2.94 bits per heavy atom. The molecule has 86 valence electrons. The molecule has 1 aliphatic rings. The monoisotopic (exact) mass is 283 g/mol. The third-order valence-corrected chi connectivity index (χ3v) is 3.40. The Kier molecular flexibility index (Phi) is 3.19. The van der Waals surface area contributed by atoms with Gasteiger partial charge in [-0.3, -0.25) is 4.79 Å². The molecule has 0 spiro atoms. The molecule has 1 aromatic carbocycles. The van der Waals surface area contributed by atoms with Crippen molar-refractivity contribution in [2.45, 2.75) is 25.8 Å². The third-order valence-electron chi connectivity index (χ3n) is 2.74. The lowest BCUT2D eigenvalue weighted by atomic mass is 10.1. The molecule has 3 nitrogen and oxygen atoms in total. The average molecular weight is 284 g/mol. The number of nitrogens with one attached hydrogen (secondary N) is 1. The SMILES string of the molecule is COc1ccc(Br)c2c1CC(=O)C[C@@H](C)N2. The van der Waals surface area contributed by atoms with Crippen molar-refractivity contribution in [1.29, 1.82) is 0 Å². The molecule has 4 heteroatoms. The molecule has 1 atom stereocenters. The zero-order chi connectivity index (χ0) is 11.7. The number of anilines is 1. The van der Waals surface area contributed by atoms with Gasteiger partial charge in [-0.25, -0.2) is 0 Å². The Balaban J connectivity index is 2.54. The summed E-state index contributed by atoms with van der Waals surface area (Å²) in [6.07, 6.45) is 1.000. The number of fused-ring (bicyclic) bond motifs is 1. The van der Waals surface area contributed by atoms with Crippen molar-refractivity contribution in [2.75, 3.05) is 12.4 Å². The second kappa shape index (κ2) is 4.45. The highest BCUT2D eigenvalue weighted by molar-refractivity contribution is 9.10. The number of rotatable bonds is 1. The van der Waals surface area contributed by atoms with E-state index in [4.69, 9.17) is 4.74 Å². The van der Waals surface area contributed by atoms with E-state index in [-0.39, 0.29) is 11.8 Å². The van der Waals surface area contributed by atoms with E-state index in [1.165, 1.54) is 0 Å². The normalized spacial score (nSPS) is 19.7. The first kappa shape index (κ1) is 11.5. The number of benzene rings is 1. The first-order chi connectivity index (χ1) is 7.61. The number of ketones is 1. The second-order valence-electron chi connectivity index (χ2n) is 4.07. The summed E-state index contributed by atoms with van der Waals surface area (Å²) < 4.78 is 6.27. The molecular weight excluding hydrogens is 270 g/mol. The summed E-state index contributed by atoms with van der Waals surface area (Å²) in [6, 6.07) is 3.98. The van der Waals surface area contributed by atoms with Crippen LogP contribution < -0.4 is 10.1 Å². The first-order valence-electron chi connectivity index (χ1n) is 5.25. The number of carbonyl (C=O) groups is 1. The average Bonchev–Trinajstić information content (AvgIpc) is 2.37. The zero-order valence-electron chi connectivity index (χ0n) is 9.34. The summed E-state index contributed by atoms with van der Waals surface area (Å²) in [6.45, 7) is 2.01. The van der Waals surface area contributed by atoms with Crippen molar-refractivity contribution in [2.24, 2.45) is 0 Å². The van der Waals surface area contributed by atoms with Gasteiger partial charge in [0.25, 0.3) is 0 Å². The number of halogens is 1. The molecule has 16 heavy (non-hydrogen) atoms. The molecule has 1 N–H and O–H groups in total. The quantitative estimate of drug-likeness (QED) is 0.861. The van der Waals surface area contributed by atoms with Gasteiger partial charge in [-0.1, -0.05) is 0 Å². The van der Waals surface area contributed by atoms with Crippen LogP contribution in [-0.4, -0.2) is 18.9 Å². The molecular formula is C12H14BrNO2.